The molecule has 0 radical (unpaired) electrons. The first-order valence-electron chi connectivity index (χ1n) is 3.53. The second-order valence-corrected chi connectivity index (χ2v) is 2.89. The largest absolute Gasteiger partial charge is 0.490 e. The standard InChI is InChI=1S/C4ClF11N2O/c5-17(1(6,7)8)4(15,16)19-18(2(9,10)11)3(12,13)14. The second kappa shape index (κ2) is 5.06. The lowest BCUT2D eigenvalue weighted by Gasteiger charge is -2.31. The zero-order valence-electron chi connectivity index (χ0n) is 7.84. The monoisotopic (exact) mass is 336 g/mol. The highest BCUT2D eigenvalue weighted by atomic mass is 35.5. The quantitative estimate of drug-likeness (QED) is 0.256. The van der Waals surface area contributed by atoms with Gasteiger partial charge in [0.15, 0.2) is 0 Å². The number of hydrogen-bond acceptors (Lipinski definition) is 3. The molecule has 0 aliphatic carbocycles. The molecule has 0 atom stereocenters. The summed E-state index contributed by atoms with van der Waals surface area (Å²) in [6.45, 7) is 0. The van der Waals surface area contributed by atoms with Crippen molar-refractivity contribution in [1.29, 1.82) is 0 Å². The SMILES string of the molecule is FC(F)(F)N(OC(F)(F)N(Cl)C(F)(F)F)C(F)(F)F. The molecule has 0 amide bonds. The Labute approximate surface area is 101 Å². The Hall–Kier alpha value is -0.600. The molecule has 15 heteroatoms. The molecule has 19 heavy (non-hydrogen) atoms. The summed E-state index contributed by atoms with van der Waals surface area (Å²) in [4.78, 5) is 1.98. The minimum absolute atomic E-state index is 1.98. The average Bonchev–Trinajstić information content (AvgIpc) is 2.08. The Kier molecular flexibility index (Phi) is 4.90. The van der Waals surface area contributed by atoms with E-state index in [9.17, 15) is 48.3 Å². The number of alkyl halides is 11. The normalized spacial score (nSPS) is 15.5. The van der Waals surface area contributed by atoms with Crippen molar-refractivity contribution in [2.45, 2.75) is 25.1 Å². The smallest absolute Gasteiger partial charge is 0.198 e. The lowest BCUT2D eigenvalue weighted by Crippen LogP contribution is -2.56. The van der Waals surface area contributed by atoms with Crippen LogP contribution in [0.4, 0.5) is 48.3 Å². The molecule has 0 aliphatic rings. The van der Waals surface area contributed by atoms with Crippen molar-refractivity contribution < 1.29 is 53.1 Å². The maximum absolute atomic E-state index is 12.4. The predicted octanol–water partition coefficient (Wildman–Crippen LogP) is 3.79. The molecule has 0 aromatic rings. The summed E-state index contributed by atoms with van der Waals surface area (Å²) < 4.78 is 127. The van der Waals surface area contributed by atoms with Crippen LogP contribution in [0.3, 0.4) is 0 Å². The van der Waals surface area contributed by atoms with Crippen LogP contribution in [0.1, 0.15) is 0 Å². The Morgan fingerprint density at radius 1 is 0.632 bits per heavy atom. The van der Waals surface area contributed by atoms with Crippen LogP contribution in [0.5, 0.6) is 0 Å². The molecule has 0 saturated carbocycles. The number of halogens is 12. The molecule has 0 spiro atoms. The van der Waals surface area contributed by atoms with Gasteiger partial charge in [0, 0.05) is 5.06 Å². The van der Waals surface area contributed by atoms with E-state index in [4.69, 9.17) is 0 Å². The molecule has 116 valence electrons. The van der Waals surface area contributed by atoms with Crippen molar-refractivity contribution in [2.75, 3.05) is 0 Å². The summed E-state index contributed by atoms with van der Waals surface area (Å²) in [5.74, 6) is 0. The zero-order valence-corrected chi connectivity index (χ0v) is 8.59. The van der Waals surface area contributed by atoms with Gasteiger partial charge in [0.25, 0.3) is 0 Å². The first-order valence-corrected chi connectivity index (χ1v) is 3.87. The van der Waals surface area contributed by atoms with E-state index in [1.54, 1.807) is 0 Å². The van der Waals surface area contributed by atoms with Gasteiger partial charge < -0.3 is 0 Å². The minimum Gasteiger partial charge on any atom is -0.198 e. The van der Waals surface area contributed by atoms with Gasteiger partial charge in [-0.15, -0.1) is 0 Å². The fourth-order valence-electron chi connectivity index (χ4n) is 0.541. The maximum Gasteiger partial charge on any atom is 0.490 e. The van der Waals surface area contributed by atoms with Gasteiger partial charge in [0.1, 0.15) is 0 Å². The Morgan fingerprint density at radius 3 is 1.16 bits per heavy atom. The average molecular weight is 336 g/mol. The summed E-state index contributed by atoms with van der Waals surface area (Å²) in [6.07, 6.45) is -25.5. The van der Waals surface area contributed by atoms with E-state index in [-0.39, 0.29) is 0 Å². The van der Waals surface area contributed by atoms with Gasteiger partial charge in [-0.05, 0) is 16.2 Å². The van der Waals surface area contributed by atoms with Crippen LogP contribution in [-0.4, -0.2) is 34.6 Å². The molecule has 0 unspecified atom stereocenters. The highest BCUT2D eigenvalue weighted by molar-refractivity contribution is 6.13. The summed E-state index contributed by atoms with van der Waals surface area (Å²) in [7, 11) is 0. The summed E-state index contributed by atoms with van der Waals surface area (Å²) in [5.41, 5.74) is 0. The van der Waals surface area contributed by atoms with Crippen molar-refractivity contribution >= 4 is 11.8 Å². The predicted molar refractivity (Wildman–Crippen MR) is 33.7 cm³/mol. The highest BCUT2D eigenvalue weighted by Crippen LogP contribution is 2.41. The van der Waals surface area contributed by atoms with Crippen LogP contribution < -0.4 is 0 Å². The van der Waals surface area contributed by atoms with E-state index in [1.807, 2.05) is 4.84 Å². The molecule has 0 fully saturated rings. The molecule has 0 saturated heterocycles. The van der Waals surface area contributed by atoms with E-state index in [1.165, 1.54) is 0 Å². The summed E-state index contributed by atoms with van der Waals surface area (Å²) in [6, 6.07) is 0. The number of rotatable bonds is 3. The van der Waals surface area contributed by atoms with E-state index in [0.29, 0.717) is 0 Å². The molecule has 0 rings (SSSR count). The lowest BCUT2D eigenvalue weighted by atomic mass is 10.9. The first-order chi connectivity index (χ1) is 7.99. The number of nitrogens with zero attached hydrogens (tertiary/aromatic N) is 2. The molecular weight excluding hydrogens is 336 g/mol. The van der Waals surface area contributed by atoms with Gasteiger partial charge in [-0.3, -0.25) is 0 Å². The first kappa shape index (κ1) is 18.4. The van der Waals surface area contributed by atoms with Crippen LogP contribution in [0.15, 0.2) is 0 Å². The fraction of sp³-hybridized carbons (Fsp3) is 1.00. The van der Waals surface area contributed by atoms with Crippen molar-refractivity contribution in [1.82, 2.24) is 9.48 Å². The Balaban J connectivity index is 5.27. The van der Waals surface area contributed by atoms with Crippen molar-refractivity contribution in [2.24, 2.45) is 0 Å². The molecular formula is C4ClF11N2O. The van der Waals surface area contributed by atoms with Crippen molar-refractivity contribution in [3.05, 3.63) is 0 Å². The molecule has 0 heterocycles. The minimum atomic E-state index is -6.58. The van der Waals surface area contributed by atoms with Gasteiger partial charge in [0.05, 0.1) is 0 Å². The van der Waals surface area contributed by atoms with Gasteiger partial charge in [0.2, 0.25) is 0 Å². The zero-order chi connectivity index (χ0) is 15.9. The summed E-state index contributed by atoms with van der Waals surface area (Å²) >= 11 is 3.86. The van der Waals surface area contributed by atoms with E-state index >= 15 is 0 Å². The topological polar surface area (TPSA) is 15.7 Å². The Morgan fingerprint density at radius 2 is 0.947 bits per heavy atom. The Bertz CT molecular complexity index is 293. The van der Waals surface area contributed by atoms with E-state index in [2.05, 4.69) is 11.8 Å². The molecule has 0 N–H and O–H groups in total. The third kappa shape index (κ3) is 5.12. The molecule has 0 aromatic carbocycles. The third-order valence-corrected chi connectivity index (χ3v) is 1.50. The lowest BCUT2D eigenvalue weighted by molar-refractivity contribution is -0.556. The fourth-order valence-corrected chi connectivity index (χ4v) is 0.571. The van der Waals surface area contributed by atoms with Crippen molar-refractivity contribution in [3.63, 3.8) is 0 Å². The molecule has 3 nitrogen and oxygen atoms in total. The summed E-state index contributed by atoms with van der Waals surface area (Å²) in [5, 5.41) is -3.22. The number of hydroxylamine groups is 2. The van der Waals surface area contributed by atoms with Gasteiger partial charge in [-0.2, -0.15) is 53.1 Å². The van der Waals surface area contributed by atoms with E-state index in [0.717, 1.165) is 0 Å². The third-order valence-electron chi connectivity index (χ3n) is 1.11. The van der Waals surface area contributed by atoms with Crippen LogP contribution in [0.2, 0.25) is 0 Å². The van der Waals surface area contributed by atoms with E-state index < -0.39 is 34.6 Å². The van der Waals surface area contributed by atoms with Gasteiger partial charge in [-0.1, -0.05) is 0 Å². The van der Waals surface area contributed by atoms with Crippen molar-refractivity contribution in [3.8, 4) is 0 Å². The van der Waals surface area contributed by atoms with Gasteiger partial charge >= 0.3 is 25.1 Å². The van der Waals surface area contributed by atoms with Crippen LogP contribution in [-0.2, 0) is 4.84 Å². The number of hydrogen-bond donors (Lipinski definition) is 0. The second-order valence-electron chi connectivity index (χ2n) is 2.56. The van der Waals surface area contributed by atoms with Crippen LogP contribution >= 0.6 is 11.8 Å². The van der Waals surface area contributed by atoms with Crippen LogP contribution in [0, 0.1) is 0 Å². The highest BCUT2D eigenvalue weighted by Gasteiger charge is 2.64. The van der Waals surface area contributed by atoms with Crippen LogP contribution in [0.25, 0.3) is 0 Å². The van der Waals surface area contributed by atoms with Gasteiger partial charge in [-0.25, -0.2) is 0 Å². The molecule has 0 aromatic heterocycles. The molecule has 0 aliphatic heterocycles. The maximum atomic E-state index is 12.4. The molecule has 0 bridgehead atoms.